The summed E-state index contributed by atoms with van der Waals surface area (Å²) in [6.45, 7) is 2.01. The van der Waals surface area contributed by atoms with Crippen LogP contribution in [0.15, 0.2) is 5.16 Å². The number of nitrogens with zero attached hydrogens (tertiary/aromatic N) is 1. The maximum absolute atomic E-state index is 4.51. The molecular weight excluding hydrogens is 104 g/mol. The quantitative estimate of drug-likeness (QED) is 0.325. The van der Waals surface area contributed by atoms with Crippen molar-refractivity contribution in [3.63, 3.8) is 0 Å². The fraction of sp³-hybridized carbons (Fsp3) is 0.800. The maximum Gasteiger partial charge on any atom is 0.141 e. The Kier molecular flexibility index (Phi) is 4.03. The highest BCUT2D eigenvalue weighted by Crippen LogP contribution is 1.79. The van der Waals surface area contributed by atoms with Crippen molar-refractivity contribution in [1.82, 2.24) is 5.32 Å². The molecule has 0 aromatic heterocycles. The molecule has 0 bridgehead atoms. The summed E-state index contributed by atoms with van der Waals surface area (Å²) < 4.78 is 0. The third kappa shape index (κ3) is 2.44. The Morgan fingerprint density at radius 3 is 2.50 bits per heavy atom. The lowest BCUT2D eigenvalue weighted by molar-refractivity contribution is 0.211. The van der Waals surface area contributed by atoms with Crippen molar-refractivity contribution in [3.05, 3.63) is 0 Å². The van der Waals surface area contributed by atoms with Crippen LogP contribution in [0.1, 0.15) is 13.3 Å². The van der Waals surface area contributed by atoms with Crippen LogP contribution in [0, 0.1) is 0 Å². The van der Waals surface area contributed by atoms with Crippen molar-refractivity contribution < 1.29 is 4.84 Å². The second-order valence-corrected chi connectivity index (χ2v) is 1.32. The summed E-state index contributed by atoms with van der Waals surface area (Å²) in [7, 11) is 3.36. The van der Waals surface area contributed by atoms with Crippen molar-refractivity contribution >= 4 is 5.84 Å². The van der Waals surface area contributed by atoms with E-state index in [0.29, 0.717) is 0 Å². The predicted octanol–water partition coefficient (Wildman–Crippen LogP) is 0.576. The normalized spacial score (nSPS) is 11.1. The molecule has 3 nitrogen and oxygen atoms in total. The van der Waals surface area contributed by atoms with Gasteiger partial charge in [0.2, 0.25) is 0 Å². The summed E-state index contributed by atoms with van der Waals surface area (Å²) >= 11 is 0. The van der Waals surface area contributed by atoms with Gasteiger partial charge in [-0.1, -0.05) is 12.1 Å². The van der Waals surface area contributed by atoms with Crippen LogP contribution in [0.3, 0.4) is 0 Å². The van der Waals surface area contributed by atoms with E-state index in [1.807, 2.05) is 14.0 Å². The topological polar surface area (TPSA) is 33.6 Å². The second-order valence-electron chi connectivity index (χ2n) is 1.32. The fourth-order valence-corrected chi connectivity index (χ4v) is 0.397. The van der Waals surface area contributed by atoms with Crippen LogP contribution >= 0.6 is 0 Å². The third-order valence-electron chi connectivity index (χ3n) is 0.825. The molecule has 0 aliphatic heterocycles. The Balaban J connectivity index is 3.49. The molecule has 0 unspecified atom stereocenters. The standard InChI is InChI=1S/C5H12N2O/c1-4-5(6-2)7-8-3/h4H2,1-3H3,(H,6,7). The minimum absolute atomic E-state index is 0.868. The minimum atomic E-state index is 0.868. The van der Waals surface area contributed by atoms with E-state index in [9.17, 15) is 0 Å². The van der Waals surface area contributed by atoms with E-state index in [1.165, 1.54) is 7.11 Å². The molecule has 3 heteroatoms. The van der Waals surface area contributed by atoms with Gasteiger partial charge in [0, 0.05) is 13.5 Å². The van der Waals surface area contributed by atoms with Crippen molar-refractivity contribution in [2.45, 2.75) is 13.3 Å². The summed E-state index contributed by atoms with van der Waals surface area (Å²) in [5, 5.41) is 6.54. The van der Waals surface area contributed by atoms with Crippen LogP contribution in [0.2, 0.25) is 0 Å². The van der Waals surface area contributed by atoms with Gasteiger partial charge < -0.3 is 10.2 Å². The lowest BCUT2D eigenvalue weighted by Crippen LogP contribution is -2.16. The summed E-state index contributed by atoms with van der Waals surface area (Å²) in [6, 6.07) is 0. The fourth-order valence-electron chi connectivity index (χ4n) is 0.397. The molecule has 0 aromatic carbocycles. The van der Waals surface area contributed by atoms with Gasteiger partial charge in [-0.2, -0.15) is 0 Å². The molecule has 0 spiro atoms. The lowest BCUT2D eigenvalue weighted by Gasteiger charge is -1.97. The first-order chi connectivity index (χ1) is 3.85. The molecule has 0 amide bonds. The van der Waals surface area contributed by atoms with Crippen molar-refractivity contribution in [3.8, 4) is 0 Å². The van der Waals surface area contributed by atoms with Gasteiger partial charge in [-0.25, -0.2) is 0 Å². The minimum Gasteiger partial charge on any atom is -0.398 e. The number of rotatable bonds is 2. The summed E-state index contributed by atoms with van der Waals surface area (Å²) in [6.07, 6.45) is 0.879. The number of amidine groups is 1. The Bertz CT molecular complexity index is 74.5. The Hall–Kier alpha value is -0.730. The molecule has 0 aliphatic carbocycles. The van der Waals surface area contributed by atoms with E-state index >= 15 is 0 Å². The van der Waals surface area contributed by atoms with Crippen molar-refractivity contribution in [2.24, 2.45) is 5.16 Å². The number of nitrogens with one attached hydrogen (secondary N) is 1. The number of oxime groups is 1. The molecule has 0 atom stereocenters. The molecular formula is C5H12N2O. The Labute approximate surface area is 49.7 Å². The molecule has 0 saturated heterocycles. The van der Waals surface area contributed by atoms with E-state index in [4.69, 9.17) is 0 Å². The zero-order valence-electron chi connectivity index (χ0n) is 5.56. The molecule has 0 fully saturated rings. The van der Waals surface area contributed by atoms with Crippen LogP contribution in [-0.4, -0.2) is 20.0 Å². The Morgan fingerprint density at radius 2 is 2.38 bits per heavy atom. The second kappa shape index (κ2) is 4.43. The average molecular weight is 116 g/mol. The largest absolute Gasteiger partial charge is 0.398 e. The van der Waals surface area contributed by atoms with Crippen LogP contribution in [0.4, 0.5) is 0 Å². The van der Waals surface area contributed by atoms with Crippen LogP contribution in [-0.2, 0) is 4.84 Å². The van der Waals surface area contributed by atoms with Crippen LogP contribution in [0.5, 0.6) is 0 Å². The van der Waals surface area contributed by atoms with E-state index in [0.717, 1.165) is 12.3 Å². The number of hydrogen-bond acceptors (Lipinski definition) is 2. The van der Waals surface area contributed by atoms with Gasteiger partial charge in [0.05, 0.1) is 0 Å². The lowest BCUT2D eigenvalue weighted by atomic mass is 10.4. The van der Waals surface area contributed by atoms with Crippen LogP contribution < -0.4 is 5.32 Å². The highest BCUT2D eigenvalue weighted by atomic mass is 16.6. The predicted molar refractivity (Wildman–Crippen MR) is 33.8 cm³/mol. The van der Waals surface area contributed by atoms with Gasteiger partial charge in [0.1, 0.15) is 12.9 Å². The molecule has 0 heterocycles. The van der Waals surface area contributed by atoms with Crippen molar-refractivity contribution in [2.75, 3.05) is 14.2 Å². The van der Waals surface area contributed by atoms with Gasteiger partial charge in [-0.15, -0.1) is 0 Å². The molecule has 0 radical (unpaired) electrons. The van der Waals surface area contributed by atoms with Gasteiger partial charge >= 0.3 is 0 Å². The highest BCUT2D eigenvalue weighted by molar-refractivity contribution is 5.80. The zero-order valence-corrected chi connectivity index (χ0v) is 5.56. The monoisotopic (exact) mass is 116 g/mol. The smallest absolute Gasteiger partial charge is 0.141 e. The first kappa shape index (κ1) is 7.27. The Morgan fingerprint density at radius 1 is 1.75 bits per heavy atom. The zero-order chi connectivity index (χ0) is 6.41. The molecule has 48 valence electrons. The van der Waals surface area contributed by atoms with Gasteiger partial charge in [0.25, 0.3) is 0 Å². The molecule has 8 heavy (non-hydrogen) atoms. The molecule has 0 aromatic rings. The van der Waals surface area contributed by atoms with Gasteiger partial charge in [-0.3, -0.25) is 0 Å². The van der Waals surface area contributed by atoms with Crippen molar-refractivity contribution in [1.29, 1.82) is 0 Å². The first-order valence-electron chi connectivity index (χ1n) is 2.63. The highest BCUT2D eigenvalue weighted by Gasteiger charge is 1.86. The van der Waals surface area contributed by atoms with Gasteiger partial charge in [0.15, 0.2) is 0 Å². The van der Waals surface area contributed by atoms with Gasteiger partial charge in [-0.05, 0) is 0 Å². The summed E-state index contributed by atoms with van der Waals surface area (Å²) in [4.78, 5) is 4.51. The first-order valence-corrected chi connectivity index (χ1v) is 2.63. The summed E-state index contributed by atoms with van der Waals surface area (Å²) in [5.41, 5.74) is 0. The van der Waals surface area contributed by atoms with E-state index in [2.05, 4.69) is 15.3 Å². The molecule has 1 N–H and O–H groups in total. The van der Waals surface area contributed by atoms with E-state index in [-0.39, 0.29) is 0 Å². The molecule has 0 aliphatic rings. The number of hydrogen-bond donors (Lipinski definition) is 1. The summed E-state index contributed by atoms with van der Waals surface area (Å²) in [5.74, 6) is 0.868. The van der Waals surface area contributed by atoms with E-state index < -0.39 is 0 Å². The third-order valence-corrected chi connectivity index (χ3v) is 0.825. The molecule has 0 saturated carbocycles. The van der Waals surface area contributed by atoms with E-state index in [1.54, 1.807) is 0 Å². The maximum atomic E-state index is 4.51. The SMILES string of the molecule is CC/C(=N\OC)NC. The van der Waals surface area contributed by atoms with Crippen LogP contribution in [0.25, 0.3) is 0 Å². The molecule has 0 rings (SSSR count). The average Bonchev–Trinajstić information content (AvgIpc) is 1.83.